The second-order valence-electron chi connectivity index (χ2n) is 5.72. The van der Waals surface area contributed by atoms with Crippen molar-refractivity contribution in [1.82, 2.24) is 0 Å². The van der Waals surface area contributed by atoms with Gasteiger partial charge in [0.15, 0.2) is 0 Å². The van der Waals surface area contributed by atoms with Crippen molar-refractivity contribution in [2.24, 2.45) is 0 Å². The summed E-state index contributed by atoms with van der Waals surface area (Å²) in [5.74, 6) is -0.144. The fraction of sp³-hybridized carbons (Fsp3) is 0.158. The van der Waals surface area contributed by atoms with Gasteiger partial charge in [0, 0.05) is 12.1 Å². The van der Waals surface area contributed by atoms with Crippen molar-refractivity contribution in [3.8, 4) is 0 Å². The maximum absolute atomic E-state index is 13.0. The number of carbonyl (C=O) groups excluding carboxylic acids is 2. The van der Waals surface area contributed by atoms with Crippen molar-refractivity contribution in [3.63, 3.8) is 0 Å². The summed E-state index contributed by atoms with van der Waals surface area (Å²) < 4.78 is 0. The van der Waals surface area contributed by atoms with Gasteiger partial charge >= 0.3 is 0 Å². The second-order valence-corrected chi connectivity index (χ2v) is 7.00. The smallest absolute Gasteiger partial charge is 0.268 e. The molecule has 2 aromatic carbocycles. The van der Waals surface area contributed by atoms with Gasteiger partial charge in [-0.15, -0.1) is 11.8 Å². The Bertz CT molecular complexity index is 918. The largest absolute Gasteiger partial charge is 0.272 e. The van der Waals surface area contributed by atoms with Gasteiger partial charge in [-0.2, -0.15) is 0 Å². The molecule has 0 atom stereocenters. The van der Waals surface area contributed by atoms with Crippen LogP contribution in [-0.2, 0) is 9.59 Å². The molecule has 2 amide bonds. The van der Waals surface area contributed by atoms with Crippen LogP contribution in [0.4, 0.5) is 11.4 Å². The van der Waals surface area contributed by atoms with E-state index in [0.29, 0.717) is 21.9 Å². The van der Waals surface area contributed by atoms with E-state index in [4.69, 9.17) is 0 Å². The molecule has 0 radical (unpaired) electrons. The molecule has 0 bridgehead atoms. The third-order valence-electron chi connectivity index (χ3n) is 3.99. The average Bonchev–Trinajstić information content (AvgIpc) is 2.87. The zero-order chi connectivity index (χ0) is 18.8. The molecule has 7 heteroatoms. The number of hydrogen-bond donors (Lipinski definition) is 0. The summed E-state index contributed by atoms with van der Waals surface area (Å²) >= 11 is 1.30. The zero-order valence-electron chi connectivity index (χ0n) is 14.3. The third kappa shape index (κ3) is 3.13. The number of carbonyl (C=O) groups is 2. The molecule has 0 fully saturated rings. The summed E-state index contributed by atoms with van der Waals surface area (Å²) in [6.07, 6.45) is 0. The molecule has 0 N–H and O–H groups in total. The van der Waals surface area contributed by atoms with E-state index in [1.807, 2.05) is 26.0 Å². The second kappa shape index (κ2) is 7.13. The number of nitro groups is 1. The molecule has 132 valence electrons. The Morgan fingerprint density at radius 2 is 1.62 bits per heavy atom. The summed E-state index contributed by atoms with van der Waals surface area (Å²) in [6, 6.07) is 12.8. The van der Waals surface area contributed by atoms with Gasteiger partial charge in [-0.1, -0.05) is 24.6 Å². The van der Waals surface area contributed by atoms with Gasteiger partial charge in [0.05, 0.1) is 21.1 Å². The van der Waals surface area contributed by atoms with Gasteiger partial charge in [0.2, 0.25) is 0 Å². The Kier molecular flexibility index (Phi) is 4.90. The molecule has 26 heavy (non-hydrogen) atoms. The lowest BCUT2D eigenvalue weighted by atomic mass is 10.1. The van der Waals surface area contributed by atoms with Crippen LogP contribution in [0, 0.1) is 17.0 Å². The number of amides is 2. The van der Waals surface area contributed by atoms with E-state index in [1.54, 1.807) is 12.1 Å². The van der Waals surface area contributed by atoms with Crippen LogP contribution in [0.5, 0.6) is 0 Å². The predicted molar refractivity (Wildman–Crippen MR) is 102 cm³/mol. The van der Waals surface area contributed by atoms with E-state index >= 15 is 0 Å². The molecule has 1 aliphatic heterocycles. The van der Waals surface area contributed by atoms with Crippen molar-refractivity contribution in [1.29, 1.82) is 0 Å². The first-order chi connectivity index (χ1) is 12.4. The van der Waals surface area contributed by atoms with Crippen molar-refractivity contribution >= 4 is 40.5 Å². The van der Waals surface area contributed by atoms with Crippen LogP contribution in [0.2, 0.25) is 0 Å². The average molecular weight is 368 g/mol. The molecule has 0 aromatic heterocycles. The van der Waals surface area contributed by atoms with Crippen LogP contribution >= 0.6 is 11.8 Å². The maximum atomic E-state index is 13.0. The van der Waals surface area contributed by atoms with Crippen molar-refractivity contribution in [2.45, 2.75) is 13.8 Å². The normalized spacial score (nSPS) is 14.3. The van der Waals surface area contributed by atoms with E-state index in [1.165, 1.54) is 36.0 Å². The van der Waals surface area contributed by atoms with Crippen LogP contribution < -0.4 is 4.90 Å². The molecule has 1 aliphatic rings. The Balaban J connectivity index is 2.05. The monoisotopic (exact) mass is 368 g/mol. The molecule has 0 saturated heterocycles. The summed E-state index contributed by atoms with van der Waals surface area (Å²) in [4.78, 5) is 37.7. The first-order valence-electron chi connectivity index (χ1n) is 8.01. The molecule has 2 aromatic rings. The fourth-order valence-electron chi connectivity index (χ4n) is 2.72. The van der Waals surface area contributed by atoms with E-state index < -0.39 is 10.8 Å². The number of benzene rings is 2. The summed E-state index contributed by atoms with van der Waals surface area (Å²) in [6.45, 7) is 3.83. The number of anilines is 1. The number of rotatable bonds is 5. The number of nitrogens with zero attached hydrogens (tertiary/aromatic N) is 2. The molecule has 0 aliphatic carbocycles. The van der Waals surface area contributed by atoms with Crippen molar-refractivity contribution in [3.05, 3.63) is 74.7 Å². The maximum Gasteiger partial charge on any atom is 0.272 e. The van der Waals surface area contributed by atoms with Crippen LogP contribution in [0.1, 0.15) is 18.1 Å². The van der Waals surface area contributed by atoms with Gasteiger partial charge in [0.1, 0.15) is 0 Å². The first-order valence-corrected chi connectivity index (χ1v) is 9.00. The van der Waals surface area contributed by atoms with E-state index in [0.717, 1.165) is 10.5 Å². The molecule has 6 nitrogen and oxygen atoms in total. The predicted octanol–water partition coefficient (Wildman–Crippen LogP) is 3.94. The van der Waals surface area contributed by atoms with Gasteiger partial charge < -0.3 is 0 Å². The quantitative estimate of drug-likeness (QED) is 0.454. The molecule has 1 heterocycles. The van der Waals surface area contributed by atoms with Crippen LogP contribution in [0.25, 0.3) is 5.57 Å². The number of thioether (sulfide) groups is 1. The Morgan fingerprint density at radius 1 is 1.00 bits per heavy atom. The van der Waals surface area contributed by atoms with Crippen LogP contribution in [-0.4, -0.2) is 22.5 Å². The minimum atomic E-state index is -0.500. The van der Waals surface area contributed by atoms with E-state index in [-0.39, 0.29) is 17.2 Å². The number of imide groups is 1. The minimum absolute atomic E-state index is 0.0637. The highest BCUT2D eigenvalue weighted by atomic mass is 32.2. The van der Waals surface area contributed by atoms with Gasteiger partial charge in [0.25, 0.3) is 17.5 Å². The molecular formula is C19H16N2O4S. The molecule has 3 rings (SSSR count). The van der Waals surface area contributed by atoms with Crippen LogP contribution in [0.15, 0.2) is 53.4 Å². The summed E-state index contributed by atoms with van der Waals surface area (Å²) in [7, 11) is 0. The Morgan fingerprint density at radius 3 is 2.15 bits per heavy atom. The highest BCUT2D eigenvalue weighted by Crippen LogP contribution is 2.38. The fourth-order valence-corrected chi connectivity index (χ4v) is 3.57. The lowest BCUT2D eigenvalue weighted by Crippen LogP contribution is -2.31. The zero-order valence-corrected chi connectivity index (χ0v) is 15.1. The molecular weight excluding hydrogens is 352 g/mol. The third-order valence-corrected chi connectivity index (χ3v) is 4.95. The molecule has 0 unspecified atom stereocenters. The number of nitro benzene ring substituents is 1. The van der Waals surface area contributed by atoms with E-state index in [9.17, 15) is 19.7 Å². The van der Waals surface area contributed by atoms with Crippen LogP contribution in [0.3, 0.4) is 0 Å². The highest BCUT2D eigenvalue weighted by Gasteiger charge is 2.40. The van der Waals surface area contributed by atoms with Gasteiger partial charge in [-0.05, 0) is 42.5 Å². The van der Waals surface area contributed by atoms with Crippen molar-refractivity contribution in [2.75, 3.05) is 10.7 Å². The molecule has 0 spiro atoms. The Hall–Kier alpha value is -2.93. The number of hydrogen-bond acceptors (Lipinski definition) is 5. The lowest BCUT2D eigenvalue weighted by Gasteiger charge is -2.15. The van der Waals surface area contributed by atoms with Gasteiger partial charge in [-0.3, -0.25) is 19.7 Å². The summed E-state index contributed by atoms with van der Waals surface area (Å²) in [5, 5.41) is 10.8. The van der Waals surface area contributed by atoms with E-state index in [2.05, 4.69) is 0 Å². The molecule has 0 saturated carbocycles. The highest BCUT2D eigenvalue weighted by molar-refractivity contribution is 8.04. The SMILES string of the molecule is CCSC1=C(c2ccc([N+](=O)[O-])cc2)C(=O)N(c2ccc(C)cc2)C1=O. The Labute approximate surface area is 154 Å². The van der Waals surface area contributed by atoms with Gasteiger partial charge in [-0.25, -0.2) is 4.90 Å². The van der Waals surface area contributed by atoms with Crippen molar-refractivity contribution < 1.29 is 14.5 Å². The minimum Gasteiger partial charge on any atom is -0.268 e. The lowest BCUT2D eigenvalue weighted by molar-refractivity contribution is -0.384. The first kappa shape index (κ1) is 17.9. The standard InChI is InChI=1S/C19H16N2O4S/c1-3-26-17-16(13-6-10-15(11-7-13)21(24)25)18(22)20(19(17)23)14-8-4-12(2)5-9-14/h4-11H,3H2,1-2H3. The number of aryl methyl sites for hydroxylation is 1. The number of non-ortho nitro benzene ring substituents is 1. The topological polar surface area (TPSA) is 80.5 Å². The summed E-state index contributed by atoms with van der Waals surface area (Å²) in [5.41, 5.74) is 2.26.